The molecule has 3 rings (SSSR count). The van der Waals surface area contributed by atoms with E-state index in [1.54, 1.807) is 0 Å². The van der Waals surface area contributed by atoms with Crippen LogP contribution in [0.15, 0.2) is 48.8 Å². The van der Waals surface area contributed by atoms with E-state index in [0.29, 0.717) is 0 Å². The first-order valence-electron chi connectivity index (χ1n) is 12.3. The van der Waals surface area contributed by atoms with Crippen molar-refractivity contribution in [2.75, 3.05) is 0 Å². The molecule has 0 saturated carbocycles. The molecule has 0 radical (unpaired) electrons. The summed E-state index contributed by atoms with van der Waals surface area (Å²) in [6.07, 6.45) is 4.24. The molecule has 0 bridgehead atoms. The molecule has 1 aliphatic heterocycles. The van der Waals surface area contributed by atoms with Gasteiger partial charge in [0, 0.05) is 24.3 Å². The average Bonchev–Trinajstić information content (AvgIpc) is 3.22. The van der Waals surface area contributed by atoms with Gasteiger partial charge in [0.15, 0.2) is 0 Å². The van der Waals surface area contributed by atoms with Gasteiger partial charge < -0.3 is 0 Å². The molecular formula is C31H44AgClN2+2. The minimum atomic E-state index is 0.0851. The molecular weight excluding hydrogens is 544 g/mol. The summed E-state index contributed by atoms with van der Waals surface area (Å²) in [6.45, 7) is 27.4. The van der Waals surface area contributed by atoms with Gasteiger partial charge in [0.25, 0.3) is 12.4 Å². The fraction of sp³-hybridized carbons (Fsp3) is 0.516. The Morgan fingerprint density at radius 3 is 0.914 bits per heavy atom. The van der Waals surface area contributed by atoms with E-state index in [4.69, 9.17) is 0 Å². The molecule has 0 aromatic heterocycles. The van der Waals surface area contributed by atoms with E-state index in [1.165, 1.54) is 22.3 Å². The van der Waals surface area contributed by atoms with Crippen LogP contribution in [0.25, 0.3) is 0 Å². The number of rotatable bonds is 2. The Labute approximate surface area is 230 Å². The monoisotopic (exact) mass is 586 g/mol. The second-order valence-electron chi connectivity index (χ2n) is 13.7. The van der Waals surface area contributed by atoms with Crippen LogP contribution in [0, 0.1) is 0 Å². The molecule has 0 atom stereocenters. The van der Waals surface area contributed by atoms with Gasteiger partial charge in [-0.2, -0.15) is 0 Å². The average molecular weight is 588 g/mol. The molecule has 0 amide bonds. The molecule has 0 unspecified atom stereocenters. The topological polar surface area (TPSA) is 6.02 Å². The van der Waals surface area contributed by atoms with Crippen LogP contribution in [0.4, 0.5) is 11.4 Å². The van der Waals surface area contributed by atoms with Crippen LogP contribution in [-0.4, -0.2) is 15.2 Å². The number of hydrogen-bond donors (Lipinski definition) is 0. The van der Waals surface area contributed by atoms with Crippen molar-refractivity contribution in [1.29, 1.82) is 0 Å². The third-order valence-electron chi connectivity index (χ3n) is 6.44. The molecule has 0 N–H and O–H groups in total. The zero-order valence-corrected chi connectivity index (χ0v) is 25.9. The third kappa shape index (κ3) is 7.54. The van der Waals surface area contributed by atoms with Crippen LogP contribution >= 0.6 is 9.19 Å². The van der Waals surface area contributed by atoms with Gasteiger partial charge in [-0.05, 0) is 43.9 Å². The molecule has 2 aromatic carbocycles. The summed E-state index contributed by atoms with van der Waals surface area (Å²) in [5, 5.41) is 0. The summed E-state index contributed by atoms with van der Waals surface area (Å²) in [7, 11) is 4.45. The number of hydrogen-bond acceptors (Lipinski definition) is 0. The molecule has 4 heteroatoms. The molecule has 2 nitrogen and oxygen atoms in total. The standard InChI is InChI=1S/C31H44N2.Ag.ClH/c1-28(2,3)22-15-23(29(4,5)6)18-26(17-22)32-13-14-33(21-32)27-19-24(30(7,8)9)16-25(20-27)31(10,11)12;;/h13-20H,1-12H3;;1H/q+2;+1;/p-1. The van der Waals surface area contributed by atoms with E-state index < -0.39 is 0 Å². The van der Waals surface area contributed by atoms with Crippen LogP contribution < -0.4 is 0 Å². The van der Waals surface area contributed by atoms with Crippen molar-refractivity contribution in [3.63, 3.8) is 0 Å². The van der Waals surface area contributed by atoms with Crippen LogP contribution in [0.3, 0.4) is 0 Å². The first-order chi connectivity index (χ1) is 15.9. The molecule has 0 saturated heterocycles. The van der Waals surface area contributed by atoms with Crippen LogP contribution in [0.1, 0.15) is 105 Å². The van der Waals surface area contributed by atoms with Gasteiger partial charge in [0.1, 0.15) is 0 Å². The summed E-state index contributed by atoms with van der Waals surface area (Å²) in [6, 6.07) is 17.6. The van der Waals surface area contributed by atoms with Gasteiger partial charge in [-0.15, -0.1) is 0 Å². The van der Waals surface area contributed by atoms with E-state index in [9.17, 15) is 0 Å². The summed E-state index contributed by atoms with van der Waals surface area (Å²) in [4.78, 5) is 0. The Hall–Kier alpha value is -1.41. The van der Waals surface area contributed by atoms with Crippen molar-refractivity contribution < 1.29 is 29.1 Å². The summed E-state index contributed by atoms with van der Waals surface area (Å²) in [5.74, 6) is 0. The Morgan fingerprint density at radius 2 is 0.714 bits per heavy atom. The first kappa shape index (κ1) is 29.8. The molecule has 0 spiro atoms. The SMILES string of the molecule is CC(C)(C)c1cc([N+]2=C=[N+](c3cc(C(C)(C)C)cc(C(C)(C)C)c3)C=C2)cc(C(C)(C)C)c1.[Cl][Ag]. The minimum absolute atomic E-state index is 0.0851. The molecule has 35 heavy (non-hydrogen) atoms. The summed E-state index contributed by atoms with van der Waals surface area (Å²) >= 11 is 2.42. The van der Waals surface area contributed by atoms with Crippen molar-refractivity contribution in [2.45, 2.75) is 105 Å². The van der Waals surface area contributed by atoms with Crippen LogP contribution in [-0.2, 0) is 41.6 Å². The number of halogens is 1. The van der Waals surface area contributed by atoms with E-state index >= 15 is 0 Å². The number of benzene rings is 2. The summed E-state index contributed by atoms with van der Waals surface area (Å²) < 4.78 is 4.26. The van der Waals surface area contributed by atoms with Gasteiger partial charge >= 0.3 is 35.2 Å². The second kappa shape index (κ2) is 10.5. The van der Waals surface area contributed by atoms with Crippen molar-refractivity contribution >= 4 is 26.6 Å². The van der Waals surface area contributed by atoms with Gasteiger partial charge in [-0.25, -0.2) is 0 Å². The Kier molecular flexibility index (Phi) is 8.97. The van der Waals surface area contributed by atoms with Crippen LogP contribution in [0.5, 0.6) is 0 Å². The molecule has 1 heterocycles. The van der Waals surface area contributed by atoms with Crippen LogP contribution in [0.2, 0.25) is 0 Å². The molecule has 0 fully saturated rings. The van der Waals surface area contributed by atoms with E-state index in [2.05, 4.69) is 176 Å². The van der Waals surface area contributed by atoms with Crippen molar-refractivity contribution in [2.24, 2.45) is 0 Å². The molecule has 194 valence electrons. The van der Waals surface area contributed by atoms with Crippen molar-refractivity contribution in [3.8, 4) is 0 Å². The van der Waals surface area contributed by atoms with E-state index in [0.717, 1.165) is 11.4 Å². The van der Waals surface area contributed by atoms with Gasteiger partial charge in [-0.3, -0.25) is 0 Å². The predicted molar refractivity (Wildman–Crippen MR) is 148 cm³/mol. The van der Waals surface area contributed by atoms with Gasteiger partial charge in [-0.1, -0.05) is 104 Å². The third-order valence-corrected chi connectivity index (χ3v) is 6.44. The Bertz CT molecular complexity index is 1020. The van der Waals surface area contributed by atoms with E-state index in [-0.39, 0.29) is 21.7 Å². The van der Waals surface area contributed by atoms with Crippen molar-refractivity contribution in [3.05, 3.63) is 71.1 Å². The first-order valence-corrected chi connectivity index (χ1v) is 14.2. The normalized spacial score (nSPS) is 14.4. The zero-order valence-electron chi connectivity index (χ0n) is 23.7. The molecule has 0 aliphatic carbocycles. The quantitative estimate of drug-likeness (QED) is 0.244. The van der Waals surface area contributed by atoms with E-state index in [1.807, 2.05) is 0 Å². The molecule has 1 aliphatic rings. The van der Waals surface area contributed by atoms with Gasteiger partial charge in [0.05, 0.1) is 0 Å². The second-order valence-corrected chi connectivity index (χ2v) is 13.7. The fourth-order valence-electron chi connectivity index (χ4n) is 3.84. The zero-order chi connectivity index (χ0) is 27.0. The Morgan fingerprint density at radius 1 is 0.486 bits per heavy atom. The number of nitrogens with zero attached hydrogens (tertiary/aromatic N) is 2. The predicted octanol–water partition coefficient (Wildman–Crippen LogP) is 9.21. The van der Waals surface area contributed by atoms with Crippen molar-refractivity contribution in [1.82, 2.24) is 0 Å². The fourth-order valence-corrected chi connectivity index (χ4v) is 3.84. The maximum absolute atomic E-state index is 4.45. The summed E-state index contributed by atoms with van der Waals surface area (Å²) in [5.41, 5.74) is 8.06. The van der Waals surface area contributed by atoms with Gasteiger partial charge in [0.2, 0.25) is 11.4 Å². The molecule has 2 aromatic rings. The maximum atomic E-state index is 4.45. The Balaban J connectivity index is 0.00000210.